The molecule has 2 heteroatoms. The van der Waals surface area contributed by atoms with Gasteiger partial charge in [0, 0.05) is 11.1 Å². The van der Waals surface area contributed by atoms with Crippen molar-refractivity contribution in [2.75, 3.05) is 0 Å². The largest absolute Gasteiger partial charge is 0.327 e. The molecule has 0 aromatic heterocycles. The van der Waals surface area contributed by atoms with Gasteiger partial charge in [-0.2, -0.15) is 0 Å². The van der Waals surface area contributed by atoms with Crippen LogP contribution in [-0.4, -0.2) is 14.3 Å². The normalized spacial score (nSPS) is 19.6. The van der Waals surface area contributed by atoms with Crippen LogP contribution in [0.2, 0.25) is 5.04 Å². The summed E-state index contributed by atoms with van der Waals surface area (Å²) in [5, 5.41) is 2.95. The molecule has 2 aliphatic rings. The van der Waals surface area contributed by atoms with Gasteiger partial charge in [0.25, 0.3) is 0 Å². The smallest absolute Gasteiger partial charge is 0.204 e. The summed E-state index contributed by atoms with van der Waals surface area (Å²) in [5.74, 6) is 0. The molecule has 1 nitrogen and oxygen atoms in total. The summed E-state index contributed by atoms with van der Waals surface area (Å²) >= 11 is 0. The Balaban J connectivity index is 2.00. The van der Waals surface area contributed by atoms with Crippen LogP contribution in [0.4, 0.5) is 0 Å². The van der Waals surface area contributed by atoms with Crippen LogP contribution < -0.4 is 15.4 Å². The second kappa shape index (κ2) is 8.08. The van der Waals surface area contributed by atoms with Crippen molar-refractivity contribution in [3.8, 4) is 0 Å². The molecule has 29 heavy (non-hydrogen) atoms. The van der Waals surface area contributed by atoms with Crippen molar-refractivity contribution < 1.29 is 0 Å². The average Bonchev–Trinajstić information content (AvgIpc) is 3.26. The van der Waals surface area contributed by atoms with Crippen molar-refractivity contribution in [3.05, 3.63) is 85.0 Å². The maximum absolute atomic E-state index is 4.43. The Hall–Kier alpha value is -1.90. The second-order valence-electron chi connectivity index (χ2n) is 9.80. The first-order valence-corrected chi connectivity index (χ1v) is 13.3. The van der Waals surface area contributed by atoms with Crippen LogP contribution in [0.1, 0.15) is 52.9 Å². The fourth-order valence-electron chi connectivity index (χ4n) is 5.64. The molecule has 4 rings (SSSR count). The molecule has 0 spiro atoms. The Kier molecular flexibility index (Phi) is 5.68. The number of nitrogens with one attached hydrogen (secondary N) is 1. The predicted molar refractivity (Wildman–Crippen MR) is 128 cm³/mol. The van der Waals surface area contributed by atoms with Crippen molar-refractivity contribution in [2.45, 2.75) is 64.0 Å². The summed E-state index contributed by atoms with van der Waals surface area (Å²) in [6.07, 6.45) is 16.2. The molecule has 0 atom stereocenters. The van der Waals surface area contributed by atoms with E-state index in [1.54, 1.807) is 0 Å². The van der Waals surface area contributed by atoms with Gasteiger partial charge in [0.2, 0.25) is 8.24 Å². The molecule has 0 unspecified atom stereocenters. The van der Waals surface area contributed by atoms with Crippen LogP contribution in [0.25, 0.3) is 0 Å². The number of hydrogen-bond donors (Lipinski definition) is 1. The highest BCUT2D eigenvalue weighted by Crippen LogP contribution is 2.56. The second-order valence-corrected chi connectivity index (χ2v) is 13.6. The minimum Gasteiger partial charge on any atom is -0.327 e. The molecular formula is C27H35NSi. The maximum Gasteiger partial charge on any atom is 0.204 e. The minimum atomic E-state index is -2.41. The van der Waals surface area contributed by atoms with Gasteiger partial charge in [-0.15, -0.1) is 0 Å². The number of hydrogen-bond acceptors (Lipinski definition) is 1. The molecule has 152 valence electrons. The molecule has 0 bridgehead atoms. The Labute approximate surface area is 178 Å². The molecule has 1 saturated carbocycles. The zero-order valence-corrected chi connectivity index (χ0v) is 19.2. The summed E-state index contributed by atoms with van der Waals surface area (Å²) in [5.41, 5.74) is 0.0933. The van der Waals surface area contributed by atoms with E-state index in [9.17, 15) is 0 Å². The highest BCUT2D eigenvalue weighted by atomic mass is 28.3. The molecule has 2 aromatic rings. The summed E-state index contributed by atoms with van der Waals surface area (Å²) in [6.45, 7) is 7.26. The molecule has 0 aliphatic heterocycles. The van der Waals surface area contributed by atoms with E-state index in [2.05, 4.69) is 111 Å². The van der Waals surface area contributed by atoms with Gasteiger partial charge < -0.3 is 4.98 Å². The van der Waals surface area contributed by atoms with E-state index in [1.807, 2.05) is 0 Å². The molecular weight excluding hydrogens is 366 g/mol. The number of benzene rings is 2. The monoisotopic (exact) mass is 401 g/mol. The van der Waals surface area contributed by atoms with Gasteiger partial charge in [-0.25, -0.2) is 0 Å². The standard InChI is InChI=1S/C27H35NSi/c1-26(2,3)27(21-13-14-22-27)29(24-17-9-5-10-18-24,25-19-11-6-12-20-25)28-23-15-7-4-8-16-23/h5-6,9-14,17-23,28H,4,7-8,15-16H2,1-3H3. The topological polar surface area (TPSA) is 12.0 Å². The lowest BCUT2D eigenvalue weighted by molar-refractivity contribution is 0.340. The molecule has 0 saturated heterocycles. The van der Waals surface area contributed by atoms with Gasteiger partial charge >= 0.3 is 0 Å². The van der Waals surface area contributed by atoms with Crippen molar-refractivity contribution in [2.24, 2.45) is 5.41 Å². The van der Waals surface area contributed by atoms with E-state index in [1.165, 1.54) is 42.5 Å². The molecule has 0 heterocycles. The third kappa shape index (κ3) is 3.47. The average molecular weight is 402 g/mol. The molecule has 2 aromatic carbocycles. The van der Waals surface area contributed by atoms with Gasteiger partial charge in [0.1, 0.15) is 0 Å². The van der Waals surface area contributed by atoms with Gasteiger partial charge in [-0.1, -0.05) is 125 Å². The van der Waals surface area contributed by atoms with Gasteiger partial charge in [0.05, 0.1) is 0 Å². The zero-order valence-electron chi connectivity index (χ0n) is 18.2. The molecule has 0 amide bonds. The first kappa shape index (κ1) is 20.4. The SMILES string of the molecule is CC(C)(C)C1([Si](NC2CCCCC2)(c2ccccc2)c2ccccc2)C=CC=C1. The quantitative estimate of drug-likeness (QED) is 0.645. The summed E-state index contributed by atoms with van der Waals surface area (Å²) in [4.78, 5) is 4.43. The van der Waals surface area contributed by atoms with Crippen molar-refractivity contribution >= 4 is 18.6 Å². The van der Waals surface area contributed by atoms with Crippen LogP contribution in [0.3, 0.4) is 0 Å². The molecule has 1 N–H and O–H groups in total. The van der Waals surface area contributed by atoms with E-state index >= 15 is 0 Å². The lowest BCUT2D eigenvalue weighted by Crippen LogP contribution is -2.78. The Bertz CT molecular complexity index is 803. The van der Waals surface area contributed by atoms with Crippen molar-refractivity contribution in [1.29, 1.82) is 0 Å². The van der Waals surface area contributed by atoms with E-state index in [0.717, 1.165) is 0 Å². The van der Waals surface area contributed by atoms with Crippen LogP contribution in [-0.2, 0) is 0 Å². The van der Waals surface area contributed by atoms with Crippen LogP contribution in [0.5, 0.6) is 0 Å². The van der Waals surface area contributed by atoms with Crippen LogP contribution in [0, 0.1) is 5.41 Å². The zero-order chi connectivity index (χ0) is 20.4. The van der Waals surface area contributed by atoms with E-state index in [-0.39, 0.29) is 10.5 Å². The summed E-state index contributed by atoms with van der Waals surface area (Å²) in [6, 6.07) is 23.3. The summed E-state index contributed by atoms with van der Waals surface area (Å²) < 4.78 is 0. The van der Waals surface area contributed by atoms with Crippen molar-refractivity contribution in [3.63, 3.8) is 0 Å². The fourth-order valence-corrected chi connectivity index (χ4v) is 11.6. The minimum absolute atomic E-state index is 0.0276. The first-order valence-electron chi connectivity index (χ1n) is 11.3. The number of allylic oxidation sites excluding steroid dienone is 4. The third-order valence-corrected chi connectivity index (χ3v) is 12.7. The van der Waals surface area contributed by atoms with Crippen LogP contribution in [0.15, 0.2) is 85.0 Å². The van der Waals surface area contributed by atoms with Gasteiger partial charge in [-0.05, 0) is 28.6 Å². The van der Waals surface area contributed by atoms with E-state index < -0.39 is 8.24 Å². The fraction of sp³-hybridized carbons (Fsp3) is 0.407. The Morgan fingerprint density at radius 1 is 0.759 bits per heavy atom. The lowest BCUT2D eigenvalue weighted by atomic mass is 9.80. The Morgan fingerprint density at radius 3 is 1.69 bits per heavy atom. The highest BCUT2D eigenvalue weighted by Gasteiger charge is 2.60. The maximum atomic E-state index is 4.43. The first-order chi connectivity index (χ1) is 14.0. The van der Waals surface area contributed by atoms with Gasteiger partial charge in [0.15, 0.2) is 0 Å². The van der Waals surface area contributed by atoms with Gasteiger partial charge in [-0.3, -0.25) is 0 Å². The lowest BCUT2D eigenvalue weighted by Gasteiger charge is -2.54. The Morgan fingerprint density at radius 2 is 1.24 bits per heavy atom. The van der Waals surface area contributed by atoms with E-state index in [0.29, 0.717) is 6.04 Å². The van der Waals surface area contributed by atoms with Crippen molar-refractivity contribution in [1.82, 2.24) is 4.98 Å². The molecule has 0 radical (unpaired) electrons. The summed E-state index contributed by atoms with van der Waals surface area (Å²) in [7, 11) is -2.41. The molecule has 2 aliphatic carbocycles. The number of rotatable bonds is 5. The van der Waals surface area contributed by atoms with Crippen LogP contribution >= 0.6 is 0 Å². The predicted octanol–water partition coefficient (Wildman–Crippen LogP) is 5.58. The third-order valence-electron chi connectivity index (χ3n) is 7.13. The highest BCUT2D eigenvalue weighted by molar-refractivity contribution is 7.03. The van der Waals surface area contributed by atoms with E-state index in [4.69, 9.17) is 0 Å². The molecule has 1 fully saturated rings.